The van der Waals surface area contributed by atoms with Crippen molar-refractivity contribution in [1.29, 1.82) is 0 Å². The number of carbonyl (C=O) groups is 1. The zero-order chi connectivity index (χ0) is 22.1. The monoisotopic (exact) mass is 442 g/mol. The molecule has 3 aromatic heterocycles. The van der Waals surface area contributed by atoms with Gasteiger partial charge < -0.3 is 4.74 Å². The first kappa shape index (κ1) is 20.2. The van der Waals surface area contributed by atoms with E-state index in [1.54, 1.807) is 4.90 Å². The number of aryl methyl sites for hydroxylation is 1. The highest BCUT2D eigenvalue weighted by Crippen LogP contribution is 2.33. The van der Waals surface area contributed by atoms with E-state index in [0.29, 0.717) is 29.7 Å². The molecule has 0 fully saturated rings. The van der Waals surface area contributed by atoms with Crippen LogP contribution in [0.2, 0.25) is 0 Å². The predicted molar refractivity (Wildman–Crippen MR) is 128 cm³/mol. The fourth-order valence-corrected chi connectivity index (χ4v) is 4.75. The minimum absolute atomic E-state index is 0.130. The van der Waals surface area contributed by atoms with Gasteiger partial charge in [0.2, 0.25) is 0 Å². The van der Waals surface area contributed by atoms with Gasteiger partial charge in [-0.05, 0) is 49.7 Å². The Labute approximate surface area is 189 Å². The molecular weight excluding hydrogens is 420 g/mol. The largest absolute Gasteiger partial charge is 0.494 e. The summed E-state index contributed by atoms with van der Waals surface area (Å²) in [6.07, 6.45) is 1.87. The minimum atomic E-state index is -0.130. The quantitative estimate of drug-likeness (QED) is 0.348. The number of anilines is 1. The highest BCUT2D eigenvalue weighted by Gasteiger charge is 2.26. The van der Waals surface area contributed by atoms with Crippen LogP contribution < -0.4 is 9.64 Å². The molecule has 0 atom stereocenters. The molecule has 1 amide bonds. The number of amides is 1. The number of hydrogen-bond acceptors (Lipinski definition) is 5. The van der Waals surface area contributed by atoms with Gasteiger partial charge in [-0.3, -0.25) is 14.1 Å². The van der Waals surface area contributed by atoms with Gasteiger partial charge in [-0.2, -0.15) is 0 Å². The number of pyridine rings is 1. The number of rotatable bonds is 6. The molecule has 0 aliphatic rings. The fraction of sp³-hybridized carbons (Fsp3) is 0.160. The lowest BCUT2D eigenvalue weighted by Gasteiger charge is -2.20. The number of aromatic nitrogens is 3. The number of nitrogens with zero attached hydrogens (tertiary/aromatic N) is 4. The molecule has 0 unspecified atom stereocenters. The Hall–Kier alpha value is -3.71. The molecule has 0 bridgehead atoms. The minimum Gasteiger partial charge on any atom is -0.494 e. The molecule has 5 rings (SSSR count). The first-order valence-electron chi connectivity index (χ1n) is 10.5. The lowest BCUT2D eigenvalue weighted by Crippen LogP contribution is -2.31. The van der Waals surface area contributed by atoms with E-state index in [1.165, 1.54) is 11.3 Å². The summed E-state index contributed by atoms with van der Waals surface area (Å²) >= 11 is 1.49. The van der Waals surface area contributed by atoms with Crippen molar-refractivity contribution >= 4 is 38.2 Å². The van der Waals surface area contributed by atoms with E-state index in [-0.39, 0.29) is 5.91 Å². The second-order valence-corrected chi connectivity index (χ2v) is 8.42. The maximum Gasteiger partial charge on any atom is 0.279 e. The summed E-state index contributed by atoms with van der Waals surface area (Å²) in [5.74, 6) is 0.669. The third kappa shape index (κ3) is 3.71. The second-order valence-electron chi connectivity index (χ2n) is 7.41. The van der Waals surface area contributed by atoms with Crippen LogP contribution in [0.15, 0.2) is 72.9 Å². The van der Waals surface area contributed by atoms with Gasteiger partial charge in [-0.15, -0.1) is 0 Å². The van der Waals surface area contributed by atoms with Crippen LogP contribution in [-0.2, 0) is 6.54 Å². The normalized spacial score (nSPS) is 11.2. The van der Waals surface area contributed by atoms with Crippen LogP contribution in [0.3, 0.4) is 0 Å². The summed E-state index contributed by atoms with van der Waals surface area (Å²) in [6.45, 7) is 4.84. The molecule has 5 aromatic rings. The van der Waals surface area contributed by atoms with Crippen LogP contribution in [0, 0.1) is 6.92 Å². The maximum atomic E-state index is 13.9. The van der Waals surface area contributed by atoms with E-state index in [4.69, 9.17) is 9.72 Å². The van der Waals surface area contributed by atoms with Crippen molar-refractivity contribution in [2.24, 2.45) is 0 Å². The van der Waals surface area contributed by atoms with E-state index < -0.39 is 0 Å². The topological polar surface area (TPSA) is 59.7 Å². The van der Waals surface area contributed by atoms with Crippen LogP contribution in [0.1, 0.15) is 28.7 Å². The van der Waals surface area contributed by atoms with Crippen molar-refractivity contribution in [2.75, 3.05) is 11.5 Å². The smallest absolute Gasteiger partial charge is 0.279 e. The molecule has 0 N–H and O–H groups in total. The molecule has 0 aliphatic heterocycles. The zero-order valence-electron chi connectivity index (χ0n) is 17.9. The van der Waals surface area contributed by atoms with Gasteiger partial charge in [-0.1, -0.05) is 47.7 Å². The molecule has 0 saturated carbocycles. The molecule has 0 radical (unpaired) electrons. The van der Waals surface area contributed by atoms with Gasteiger partial charge in [0.25, 0.3) is 5.91 Å². The third-order valence-electron chi connectivity index (χ3n) is 5.23. The molecule has 32 heavy (non-hydrogen) atoms. The first-order chi connectivity index (χ1) is 15.6. The zero-order valence-corrected chi connectivity index (χ0v) is 18.7. The van der Waals surface area contributed by atoms with Gasteiger partial charge in [0.15, 0.2) is 5.13 Å². The lowest BCUT2D eigenvalue weighted by molar-refractivity contribution is 0.0979. The summed E-state index contributed by atoms with van der Waals surface area (Å²) < 4.78 is 8.46. The second kappa shape index (κ2) is 8.43. The lowest BCUT2D eigenvalue weighted by atomic mass is 10.2. The highest BCUT2D eigenvalue weighted by atomic mass is 32.1. The predicted octanol–water partition coefficient (Wildman–Crippen LogP) is 5.50. The Balaban J connectivity index is 1.61. The van der Waals surface area contributed by atoms with Crippen molar-refractivity contribution in [3.8, 4) is 5.75 Å². The maximum absolute atomic E-state index is 13.9. The van der Waals surface area contributed by atoms with Gasteiger partial charge >= 0.3 is 0 Å². The van der Waals surface area contributed by atoms with Crippen molar-refractivity contribution in [1.82, 2.24) is 14.4 Å². The molecule has 7 heteroatoms. The van der Waals surface area contributed by atoms with Crippen LogP contribution in [0.4, 0.5) is 5.13 Å². The van der Waals surface area contributed by atoms with Crippen molar-refractivity contribution < 1.29 is 9.53 Å². The summed E-state index contributed by atoms with van der Waals surface area (Å²) in [5.41, 5.74) is 3.86. The van der Waals surface area contributed by atoms with E-state index in [2.05, 4.69) is 4.98 Å². The van der Waals surface area contributed by atoms with Crippen LogP contribution in [0.5, 0.6) is 5.75 Å². The Morgan fingerprint density at radius 1 is 1.06 bits per heavy atom. The van der Waals surface area contributed by atoms with Crippen LogP contribution in [0.25, 0.3) is 15.9 Å². The molecular formula is C25H22N4O2S. The number of carbonyl (C=O) groups excluding carboxylic acids is 1. The average Bonchev–Trinajstić information content (AvgIpc) is 3.37. The Kier molecular flexibility index (Phi) is 5.33. The van der Waals surface area contributed by atoms with Crippen molar-refractivity contribution in [3.63, 3.8) is 0 Å². The van der Waals surface area contributed by atoms with Gasteiger partial charge in [0.05, 0.1) is 29.1 Å². The number of hydrogen-bond donors (Lipinski definition) is 0. The SMILES string of the molecule is CCOc1ccc2nc(N(Cc3ccccc3)C(=O)c3c(C)nc4ccccn34)sc2c1. The number of imidazole rings is 1. The molecule has 6 nitrogen and oxygen atoms in total. The van der Waals surface area contributed by atoms with E-state index >= 15 is 0 Å². The fourth-order valence-electron chi connectivity index (χ4n) is 3.76. The van der Waals surface area contributed by atoms with Crippen molar-refractivity contribution in [2.45, 2.75) is 20.4 Å². The van der Waals surface area contributed by atoms with Gasteiger partial charge in [-0.25, -0.2) is 9.97 Å². The number of thiazole rings is 1. The Bertz CT molecular complexity index is 1410. The number of benzene rings is 2. The Morgan fingerprint density at radius 3 is 2.69 bits per heavy atom. The number of fused-ring (bicyclic) bond motifs is 2. The standard InChI is InChI=1S/C25H22N4O2S/c1-3-31-19-12-13-20-21(15-19)32-25(27-20)29(16-18-9-5-4-6-10-18)24(30)23-17(2)26-22-11-7-8-14-28(22)23/h4-15H,3,16H2,1-2H3. The van der Waals surface area contributed by atoms with E-state index in [0.717, 1.165) is 27.2 Å². The summed E-state index contributed by atoms with van der Waals surface area (Å²) in [6, 6.07) is 21.5. The molecule has 0 saturated heterocycles. The number of ether oxygens (including phenoxy) is 1. The van der Waals surface area contributed by atoms with Gasteiger partial charge in [0.1, 0.15) is 17.1 Å². The first-order valence-corrected chi connectivity index (χ1v) is 11.3. The van der Waals surface area contributed by atoms with E-state index in [1.807, 2.05) is 91.2 Å². The Morgan fingerprint density at radius 2 is 1.88 bits per heavy atom. The van der Waals surface area contributed by atoms with Gasteiger partial charge in [0, 0.05) is 6.20 Å². The van der Waals surface area contributed by atoms with E-state index in [9.17, 15) is 4.79 Å². The summed E-state index contributed by atoms with van der Waals surface area (Å²) in [4.78, 5) is 25.0. The highest BCUT2D eigenvalue weighted by molar-refractivity contribution is 7.22. The molecule has 0 spiro atoms. The molecule has 0 aliphatic carbocycles. The molecule has 160 valence electrons. The van der Waals surface area contributed by atoms with Crippen LogP contribution >= 0.6 is 11.3 Å². The molecule has 3 heterocycles. The molecule has 2 aromatic carbocycles. The summed E-state index contributed by atoms with van der Waals surface area (Å²) in [7, 11) is 0. The summed E-state index contributed by atoms with van der Waals surface area (Å²) in [5, 5.41) is 0.646. The van der Waals surface area contributed by atoms with Crippen molar-refractivity contribution in [3.05, 3.63) is 89.9 Å². The average molecular weight is 443 g/mol. The van der Waals surface area contributed by atoms with Crippen LogP contribution in [-0.4, -0.2) is 26.9 Å². The third-order valence-corrected chi connectivity index (χ3v) is 6.27.